The fourth-order valence-electron chi connectivity index (χ4n) is 1.04. The third-order valence-electron chi connectivity index (χ3n) is 1.88. The highest BCUT2D eigenvalue weighted by molar-refractivity contribution is 5.89. The Morgan fingerprint density at radius 2 is 2.00 bits per heavy atom. The molecule has 1 aliphatic heterocycles. The summed E-state index contributed by atoms with van der Waals surface area (Å²) in [6.45, 7) is 6.91. The topological polar surface area (TPSA) is 29.1 Å². The van der Waals surface area contributed by atoms with Gasteiger partial charge in [0.05, 0.1) is 6.04 Å². The lowest BCUT2D eigenvalue weighted by molar-refractivity contribution is -0.130. The molecule has 1 rings (SSSR count). The van der Waals surface area contributed by atoms with Crippen LogP contribution in [0.5, 0.6) is 0 Å². The highest BCUT2D eigenvalue weighted by Crippen LogP contribution is 2.20. The summed E-state index contributed by atoms with van der Waals surface area (Å²) in [4.78, 5) is 11.4. The van der Waals surface area contributed by atoms with Gasteiger partial charge >= 0.3 is 0 Å². The number of hydrogen-bond donors (Lipinski definition) is 1. The Balaban J connectivity index is 2.48. The fourth-order valence-corrected chi connectivity index (χ4v) is 1.04. The van der Waals surface area contributed by atoms with Gasteiger partial charge in [0.1, 0.15) is 0 Å². The molecule has 0 unspecified atom stereocenters. The zero-order valence-corrected chi connectivity index (χ0v) is 6.90. The first-order chi connectivity index (χ1) is 4.52. The monoisotopic (exact) mass is 141 g/mol. The molecule has 1 aliphatic rings. The Morgan fingerprint density at radius 3 is 2.10 bits per heavy atom. The second-order valence-corrected chi connectivity index (χ2v) is 3.91. The van der Waals surface area contributed by atoms with Crippen LogP contribution >= 0.6 is 0 Å². The van der Waals surface area contributed by atoms with E-state index in [-0.39, 0.29) is 11.5 Å². The molecular formula is C8H15NO. The lowest BCUT2D eigenvalue weighted by Gasteiger charge is -2.31. The van der Waals surface area contributed by atoms with Crippen molar-refractivity contribution < 1.29 is 4.79 Å². The first-order valence-electron chi connectivity index (χ1n) is 3.79. The summed E-state index contributed by atoms with van der Waals surface area (Å²) in [5, 5.41) is 3.10. The average Bonchev–Trinajstić information content (AvgIpc) is 1.57. The normalized spacial score (nSPS) is 25.7. The number of carbonyl (C=O) groups excluding carboxylic acids is 1. The lowest BCUT2D eigenvalue weighted by atomic mass is 9.83. The maximum Gasteiger partial charge on any atom is 0.155 e. The Hall–Kier alpha value is -0.370. The maximum atomic E-state index is 11.4. The van der Waals surface area contributed by atoms with E-state index in [0.717, 1.165) is 13.0 Å². The van der Waals surface area contributed by atoms with E-state index in [0.29, 0.717) is 5.78 Å². The van der Waals surface area contributed by atoms with E-state index < -0.39 is 0 Å². The van der Waals surface area contributed by atoms with E-state index in [4.69, 9.17) is 0 Å². The third-order valence-corrected chi connectivity index (χ3v) is 1.88. The molecule has 2 nitrogen and oxygen atoms in total. The molecule has 10 heavy (non-hydrogen) atoms. The van der Waals surface area contributed by atoms with Gasteiger partial charge < -0.3 is 5.32 Å². The molecule has 2 heteroatoms. The first-order valence-corrected chi connectivity index (χ1v) is 3.79. The first kappa shape index (κ1) is 7.73. The van der Waals surface area contributed by atoms with Crippen molar-refractivity contribution in [3.05, 3.63) is 0 Å². The minimum atomic E-state index is -0.169. The smallest absolute Gasteiger partial charge is 0.155 e. The van der Waals surface area contributed by atoms with Crippen molar-refractivity contribution in [1.29, 1.82) is 0 Å². The van der Waals surface area contributed by atoms with Crippen LogP contribution in [0.15, 0.2) is 0 Å². The second-order valence-electron chi connectivity index (χ2n) is 3.91. The van der Waals surface area contributed by atoms with Crippen molar-refractivity contribution in [3.8, 4) is 0 Å². The van der Waals surface area contributed by atoms with Crippen molar-refractivity contribution in [3.63, 3.8) is 0 Å². The number of nitrogens with one attached hydrogen (secondary N) is 1. The molecule has 0 aliphatic carbocycles. The van der Waals surface area contributed by atoms with Gasteiger partial charge in [-0.25, -0.2) is 0 Å². The number of rotatable bonds is 1. The minimum Gasteiger partial charge on any atom is -0.307 e. The SMILES string of the molecule is CC(C)(C)C(=O)[C@@H]1CCN1. The summed E-state index contributed by atoms with van der Waals surface area (Å²) < 4.78 is 0. The predicted molar refractivity (Wildman–Crippen MR) is 40.9 cm³/mol. The molecular weight excluding hydrogens is 126 g/mol. The molecule has 1 saturated heterocycles. The lowest BCUT2D eigenvalue weighted by Crippen LogP contribution is -2.52. The molecule has 1 heterocycles. The third kappa shape index (κ3) is 1.37. The van der Waals surface area contributed by atoms with Crippen LogP contribution in [0.25, 0.3) is 0 Å². The van der Waals surface area contributed by atoms with Crippen LogP contribution < -0.4 is 5.32 Å². The average molecular weight is 141 g/mol. The molecule has 0 aromatic rings. The van der Waals surface area contributed by atoms with E-state index in [2.05, 4.69) is 5.32 Å². The molecule has 1 N–H and O–H groups in total. The zero-order valence-electron chi connectivity index (χ0n) is 6.90. The van der Waals surface area contributed by atoms with Gasteiger partial charge in [-0.3, -0.25) is 4.79 Å². The summed E-state index contributed by atoms with van der Waals surface area (Å²) >= 11 is 0. The minimum absolute atomic E-state index is 0.153. The summed E-state index contributed by atoms with van der Waals surface area (Å²) in [5.41, 5.74) is -0.169. The van der Waals surface area contributed by atoms with Crippen molar-refractivity contribution >= 4 is 5.78 Å². The molecule has 0 bridgehead atoms. The Kier molecular flexibility index (Phi) is 1.82. The van der Waals surface area contributed by atoms with E-state index in [9.17, 15) is 4.79 Å². The van der Waals surface area contributed by atoms with Crippen molar-refractivity contribution in [2.75, 3.05) is 6.54 Å². The van der Waals surface area contributed by atoms with Crippen LogP contribution in [0.1, 0.15) is 27.2 Å². The fraction of sp³-hybridized carbons (Fsp3) is 0.875. The van der Waals surface area contributed by atoms with Crippen LogP contribution in [-0.2, 0) is 4.79 Å². The van der Waals surface area contributed by atoms with Gasteiger partial charge in [-0.2, -0.15) is 0 Å². The summed E-state index contributed by atoms with van der Waals surface area (Å²) in [6, 6.07) is 0.153. The standard InChI is InChI=1S/C8H15NO/c1-8(2,3)7(10)6-4-5-9-6/h6,9H,4-5H2,1-3H3/t6-/m0/s1. The molecule has 0 saturated carbocycles. The molecule has 0 amide bonds. The summed E-state index contributed by atoms with van der Waals surface area (Å²) in [5.74, 6) is 0.346. The van der Waals surface area contributed by atoms with Gasteiger partial charge in [0.2, 0.25) is 0 Å². The van der Waals surface area contributed by atoms with Crippen LogP contribution in [0.4, 0.5) is 0 Å². The van der Waals surface area contributed by atoms with Crippen molar-refractivity contribution in [2.45, 2.75) is 33.2 Å². The molecule has 0 spiro atoms. The summed E-state index contributed by atoms with van der Waals surface area (Å²) in [7, 11) is 0. The second kappa shape index (κ2) is 2.35. The predicted octanol–water partition coefficient (Wildman–Crippen LogP) is 0.964. The van der Waals surface area contributed by atoms with Gasteiger partial charge in [0.25, 0.3) is 0 Å². The van der Waals surface area contributed by atoms with Gasteiger partial charge in [-0.1, -0.05) is 20.8 Å². The highest BCUT2D eigenvalue weighted by atomic mass is 16.1. The number of ketones is 1. The molecule has 1 atom stereocenters. The van der Waals surface area contributed by atoms with Crippen LogP contribution in [0.2, 0.25) is 0 Å². The van der Waals surface area contributed by atoms with E-state index in [1.54, 1.807) is 0 Å². The quantitative estimate of drug-likeness (QED) is 0.589. The van der Waals surface area contributed by atoms with Gasteiger partial charge in [0.15, 0.2) is 5.78 Å². The van der Waals surface area contributed by atoms with Crippen LogP contribution in [-0.4, -0.2) is 18.4 Å². The molecule has 1 fully saturated rings. The van der Waals surface area contributed by atoms with Gasteiger partial charge in [0, 0.05) is 5.41 Å². The largest absolute Gasteiger partial charge is 0.307 e. The Labute approximate surface area is 62.0 Å². The van der Waals surface area contributed by atoms with Gasteiger partial charge in [-0.05, 0) is 13.0 Å². The number of carbonyl (C=O) groups is 1. The highest BCUT2D eigenvalue weighted by Gasteiger charge is 2.32. The van der Waals surface area contributed by atoms with E-state index >= 15 is 0 Å². The van der Waals surface area contributed by atoms with E-state index in [1.807, 2.05) is 20.8 Å². The maximum absolute atomic E-state index is 11.4. The molecule has 0 aromatic carbocycles. The zero-order chi connectivity index (χ0) is 7.78. The van der Waals surface area contributed by atoms with Crippen LogP contribution in [0.3, 0.4) is 0 Å². The summed E-state index contributed by atoms with van der Waals surface area (Å²) in [6.07, 6.45) is 1.02. The van der Waals surface area contributed by atoms with Crippen molar-refractivity contribution in [2.24, 2.45) is 5.41 Å². The van der Waals surface area contributed by atoms with Gasteiger partial charge in [-0.15, -0.1) is 0 Å². The molecule has 58 valence electrons. The Morgan fingerprint density at radius 1 is 1.50 bits per heavy atom. The number of hydrogen-bond acceptors (Lipinski definition) is 2. The molecule has 0 radical (unpaired) electrons. The van der Waals surface area contributed by atoms with Crippen molar-refractivity contribution in [1.82, 2.24) is 5.32 Å². The van der Waals surface area contributed by atoms with Crippen LogP contribution in [0, 0.1) is 5.41 Å². The Bertz CT molecular complexity index is 142. The number of Topliss-reactive ketones (excluding diaryl/α,β-unsaturated/α-hetero) is 1. The molecule has 0 aromatic heterocycles. The van der Waals surface area contributed by atoms with E-state index in [1.165, 1.54) is 0 Å².